The molecule has 2 nitrogen and oxygen atoms in total. The Balaban J connectivity index is -0.0000000450. The second-order valence-corrected chi connectivity index (χ2v) is 0.224. The van der Waals surface area contributed by atoms with Gasteiger partial charge in [0.05, 0.1) is 0 Å². The first-order chi connectivity index (χ1) is 1.91. The fourth-order valence-corrected chi connectivity index (χ4v) is 0. The van der Waals surface area contributed by atoms with Crippen LogP contribution in [-0.4, -0.2) is 0 Å². The zero-order valence-corrected chi connectivity index (χ0v) is 4.81. The van der Waals surface area contributed by atoms with Crippen LogP contribution in [-0.2, 0) is 34.1 Å². The Kier molecular flexibility index (Phi) is 55.1. The van der Waals surface area contributed by atoms with E-state index in [-0.39, 0.29) is 34.1 Å². The van der Waals surface area contributed by atoms with Crippen molar-refractivity contribution < 1.29 is 34.1 Å². The van der Waals surface area contributed by atoms with Crippen LogP contribution in [0.3, 0.4) is 0 Å². The monoisotopic (exact) mass is 164 g/mol. The van der Waals surface area contributed by atoms with Crippen LogP contribution in [0.5, 0.6) is 0 Å². The van der Waals surface area contributed by atoms with Crippen molar-refractivity contribution in [3.8, 4) is 12.1 Å². The van der Waals surface area contributed by atoms with Gasteiger partial charge in [-0.2, -0.15) is 10.5 Å². The molecular weight excluding hydrogens is 164 g/mol. The summed E-state index contributed by atoms with van der Waals surface area (Å²) in [5.41, 5.74) is 0. The molecule has 0 rings (SSSR count). The van der Waals surface area contributed by atoms with Gasteiger partial charge in [-0.1, -0.05) is 0 Å². The molecule has 0 aromatic rings. The molecule has 0 fully saturated rings. The predicted octanol–water partition coefficient (Wildman–Crippen LogP) is 0.0286. The Hall–Kier alpha value is 0.0190. The Morgan fingerprint density at radius 2 is 1.00 bits per heavy atom. The van der Waals surface area contributed by atoms with Crippen LogP contribution in [0, 0.1) is 22.7 Å². The molecule has 0 saturated carbocycles. The van der Waals surface area contributed by atoms with Gasteiger partial charge in [-0.25, -0.2) is 0 Å². The molecule has 0 aliphatic carbocycles. The maximum atomic E-state index is 7.26. The Bertz CT molecular complexity index is 64.5. The maximum absolute atomic E-state index is 7.26. The van der Waals surface area contributed by atoms with Gasteiger partial charge in [-0.15, -0.1) is 0 Å². The largest absolute Gasteiger partial charge is 0.181 e. The number of hydrogen-bond acceptors (Lipinski definition) is 2. The SMILES string of the molecule is N#CC#N.[Fe].[Fe]. The molecule has 6 heavy (non-hydrogen) atoms. The van der Waals surface area contributed by atoms with Gasteiger partial charge in [0.15, 0.2) is 12.1 Å². The summed E-state index contributed by atoms with van der Waals surface area (Å²) in [5, 5.41) is 14.5. The van der Waals surface area contributed by atoms with E-state index in [1.54, 1.807) is 0 Å². The topological polar surface area (TPSA) is 47.6 Å². The molecule has 0 bridgehead atoms. The van der Waals surface area contributed by atoms with Crippen molar-refractivity contribution in [1.29, 1.82) is 10.5 Å². The first-order valence-corrected chi connectivity index (χ1v) is 0.697. The molecule has 0 radical (unpaired) electrons. The maximum Gasteiger partial charge on any atom is 0.181 e. The van der Waals surface area contributed by atoms with Crippen LogP contribution in [0.2, 0.25) is 0 Å². The van der Waals surface area contributed by atoms with E-state index in [2.05, 4.69) is 0 Å². The molecular formula is C2Fe2N2. The van der Waals surface area contributed by atoms with E-state index < -0.39 is 0 Å². The van der Waals surface area contributed by atoms with Gasteiger partial charge < -0.3 is 0 Å². The summed E-state index contributed by atoms with van der Waals surface area (Å²) >= 11 is 0. The second kappa shape index (κ2) is 19.9. The van der Waals surface area contributed by atoms with Crippen molar-refractivity contribution in [1.82, 2.24) is 0 Å². The van der Waals surface area contributed by atoms with Crippen LogP contribution >= 0.6 is 0 Å². The summed E-state index contributed by atoms with van der Waals surface area (Å²) in [4.78, 5) is 0. The number of nitrogens with zero attached hydrogens (tertiary/aromatic N) is 2. The number of nitriles is 2. The van der Waals surface area contributed by atoms with E-state index in [1.165, 1.54) is 12.1 Å². The Morgan fingerprint density at radius 3 is 1.00 bits per heavy atom. The smallest absolute Gasteiger partial charge is 0.181 e. The minimum absolute atomic E-state index is 0. The van der Waals surface area contributed by atoms with E-state index >= 15 is 0 Å². The van der Waals surface area contributed by atoms with Crippen LogP contribution in [0.4, 0.5) is 0 Å². The summed E-state index contributed by atoms with van der Waals surface area (Å²) in [7, 11) is 0. The molecule has 0 amide bonds. The van der Waals surface area contributed by atoms with Crippen molar-refractivity contribution in [3.63, 3.8) is 0 Å². The second-order valence-electron chi connectivity index (χ2n) is 0.224. The molecule has 0 atom stereocenters. The van der Waals surface area contributed by atoms with Crippen molar-refractivity contribution in [3.05, 3.63) is 0 Å². The van der Waals surface area contributed by atoms with Gasteiger partial charge in [0.2, 0.25) is 0 Å². The third kappa shape index (κ3) is 35.3. The average Bonchev–Trinajstić information content (AvgIpc) is 1.37. The molecule has 0 aliphatic heterocycles. The van der Waals surface area contributed by atoms with Gasteiger partial charge in [-0.05, 0) is 0 Å². The van der Waals surface area contributed by atoms with Gasteiger partial charge in [-0.3, -0.25) is 0 Å². The van der Waals surface area contributed by atoms with Gasteiger partial charge >= 0.3 is 0 Å². The van der Waals surface area contributed by atoms with Crippen molar-refractivity contribution in [2.24, 2.45) is 0 Å². The minimum atomic E-state index is 0. The van der Waals surface area contributed by atoms with Crippen LogP contribution in [0.15, 0.2) is 0 Å². The molecule has 0 spiro atoms. The molecule has 0 aromatic carbocycles. The quantitative estimate of drug-likeness (QED) is 0.473. The fourth-order valence-electron chi connectivity index (χ4n) is 0. The van der Waals surface area contributed by atoms with E-state index in [9.17, 15) is 0 Å². The van der Waals surface area contributed by atoms with E-state index in [0.717, 1.165) is 0 Å². The van der Waals surface area contributed by atoms with Crippen LogP contribution in [0.25, 0.3) is 0 Å². The molecule has 0 saturated heterocycles. The standard InChI is InChI=1S/C2N2.2Fe/c3-1-2-4;;. The Labute approximate surface area is 57.1 Å². The van der Waals surface area contributed by atoms with Crippen molar-refractivity contribution in [2.75, 3.05) is 0 Å². The van der Waals surface area contributed by atoms with Crippen molar-refractivity contribution >= 4 is 0 Å². The molecule has 0 N–H and O–H groups in total. The third-order valence-electron chi connectivity index (χ3n) is 0.0500. The summed E-state index contributed by atoms with van der Waals surface area (Å²) in [5.74, 6) is 0. The first kappa shape index (κ1) is 16.6. The van der Waals surface area contributed by atoms with Crippen LogP contribution < -0.4 is 0 Å². The predicted molar refractivity (Wildman–Crippen MR) is 11.2 cm³/mol. The normalized spacial score (nSPS) is 1.67. The van der Waals surface area contributed by atoms with Gasteiger partial charge in [0, 0.05) is 34.1 Å². The van der Waals surface area contributed by atoms with Crippen molar-refractivity contribution in [2.45, 2.75) is 0 Å². The van der Waals surface area contributed by atoms with Gasteiger partial charge in [0.1, 0.15) is 0 Å². The minimum Gasteiger partial charge on any atom is -0.181 e. The molecule has 34 valence electrons. The number of rotatable bonds is 0. The summed E-state index contributed by atoms with van der Waals surface area (Å²) in [6.07, 6.45) is 0. The zero-order valence-electron chi connectivity index (χ0n) is 2.60. The summed E-state index contributed by atoms with van der Waals surface area (Å²) < 4.78 is 0. The molecule has 0 aromatic heterocycles. The molecule has 0 heterocycles. The average molecular weight is 164 g/mol. The van der Waals surface area contributed by atoms with E-state index in [1.807, 2.05) is 0 Å². The fraction of sp³-hybridized carbons (Fsp3) is 0. The third-order valence-corrected chi connectivity index (χ3v) is 0.0500. The molecule has 0 unspecified atom stereocenters. The molecule has 4 heteroatoms. The van der Waals surface area contributed by atoms with E-state index in [4.69, 9.17) is 10.5 Å². The summed E-state index contributed by atoms with van der Waals surface area (Å²) in [6, 6.07) is 2.47. The Morgan fingerprint density at radius 1 is 0.833 bits per heavy atom. The molecule has 0 aliphatic rings. The van der Waals surface area contributed by atoms with E-state index in [0.29, 0.717) is 0 Å². The van der Waals surface area contributed by atoms with Gasteiger partial charge in [0.25, 0.3) is 0 Å². The summed E-state index contributed by atoms with van der Waals surface area (Å²) in [6.45, 7) is 0. The number of hydrogen-bond donors (Lipinski definition) is 0. The zero-order chi connectivity index (χ0) is 3.41. The van der Waals surface area contributed by atoms with Crippen LogP contribution in [0.1, 0.15) is 0 Å². The first-order valence-electron chi connectivity index (χ1n) is 0.697.